The van der Waals surface area contributed by atoms with Gasteiger partial charge in [-0.05, 0) is 48.2 Å². The van der Waals surface area contributed by atoms with E-state index in [1.165, 1.54) is 12.7 Å². The molecular weight excluding hydrogens is 398 g/mol. The standard InChI is InChI=1S/C23H25N3O3S/c1-16-11-19(15-25(2)23(16)27)18-12-21(24-30(28)29-3)20-9-10-26(22(20)13-18)14-17-7-5-4-6-8-17/h4-8,11-13,15,30H,9-10,14H2,1-3H3. The summed E-state index contributed by atoms with van der Waals surface area (Å²) in [5, 5.41) is 0. The zero-order valence-electron chi connectivity index (χ0n) is 17.3. The summed E-state index contributed by atoms with van der Waals surface area (Å²) in [7, 11) is 1.02. The number of benzene rings is 2. The third kappa shape index (κ3) is 4.04. The lowest BCUT2D eigenvalue weighted by molar-refractivity contribution is 0.453. The van der Waals surface area contributed by atoms with Gasteiger partial charge >= 0.3 is 0 Å². The molecule has 6 nitrogen and oxygen atoms in total. The Bertz CT molecular complexity index is 1200. The third-order valence-electron chi connectivity index (χ3n) is 5.43. The van der Waals surface area contributed by atoms with Crippen LogP contribution in [0.1, 0.15) is 16.7 Å². The number of nitrogens with zero attached hydrogens (tertiary/aromatic N) is 3. The molecule has 0 fully saturated rings. The minimum atomic E-state index is -2.12. The molecular formula is C23H25N3O3S. The molecule has 156 valence electrons. The van der Waals surface area contributed by atoms with Crippen molar-refractivity contribution in [3.8, 4) is 11.1 Å². The molecule has 0 N–H and O–H groups in total. The molecule has 0 spiro atoms. The zero-order chi connectivity index (χ0) is 21.3. The molecule has 3 aromatic rings. The second-order valence-electron chi connectivity index (χ2n) is 7.50. The van der Waals surface area contributed by atoms with Crippen molar-refractivity contribution in [2.24, 2.45) is 11.4 Å². The number of fused-ring (bicyclic) bond motifs is 1. The van der Waals surface area contributed by atoms with Crippen LogP contribution in [0.4, 0.5) is 11.4 Å². The van der Waals surface area contributed by atoms with Crippen molar-refractivity contribution < 1.29 is 8.39 Å². The van der Waals surface area contributed by atoms with Crippen LogP contribution in [0, 0.1) is 6.92 Å². The van der Waals surface area contributed by atoms with Gasteiger partial charge in [0.05, 0.1) is 12.8 Å². The summed E-state index contributed by atoms with van der Waals surface area (Å²) in [5.74, 6) is 0. The minimum Gasteiger partial charge on any atom is -0.367 e. The number of pyridine rings is 1. The van der Waals surface area contributed by atoms with Crippen LogP contribution in [0.3, 0.4) is 0 Å². The highest BCUT2D eigenvalue weighted by atomic mass is 32.2. The first-order valence-corrected chi connectivity index (χ1v) is 11.0. The molecule has 0 saturated carbocycles. The predicted molar refractivity (Wildman–Crippen MR) is 122 cm³/mol. The molecule has 2 aromatic carbocycles. The summed E-state index contributed by atoms with van der Waals surface area (Å²) in [6.45, 7) is 3.47. The Morgan fingerprint density at radius 1 is 1.13 bits per heavy atom. The summed E-state index contributed by atoms with van der Waals surface area (Å²) in [6, 6.07) is 16.3. The number of anilines is 1. The lowest BCUT2D eigenvalue weighted by atomic mass is 10.0. The van der Waals surface area contributed by atoms with E-state index in [0.717, 1.165) is 41.9 Å². The van der Waals surface area contributed by atoms with E-state index in [1.54, 1.807) is 11.6 Å². The molecule has 0 bridgehead atoms. The molecule has 1 atom stereocenters. The van der Waals surface area contributed by atoms with Gasteiger partial charge in [0.1, 0.15) is 0 Å². The van der Waals surface area contributed by atoms with Crippen molar-refractivity contribution in [1.82, 2.24) is 4.57 Å². The third-order valence-corrected chi connectivity index (χ3v) is 6.12. The van der Waals surface area contributed by atoms with Crippen molar-refractivity contribution in [2.45, 2.75) is 19.9 Å². The molecule has 1 aliphatic rings. The number of hydrogen-bond donors (Lipinski definition) is 1. The van der Waals surface area contributed by atoms with Gasteiger partial charge in [0.2, 0.25) is 0 Å². The van der Waals surface area contributed by atoms with Gasteiger partial charge in [0, 0.05) is 43.1 Å². The van der Waals surface area contributed by atoms with Gasteiger partial charge < -0.3 is 9.47 Å². The van der Waals surface area contributed by atoms with Gasteiger partial charge in [-0.3, -0.25) is 8.98 Å². The molecule has 1 aromatic heterocycles. The fourth-order valence-electron chi connectivity index (χ4n) is 3.94. The Labute approximate surface area is 178 Å². The summed E-state index contributed by atoms with van der Waals surface area (Å²) < 4.78 is 22.9. The normalized spacial score (nSPS) is 14.2. The highest BCUT2D eigenvalue weighted by molar-refractivity contribution is 7.69. The maximum absolute atomic E-state index is 12.1. The van der Waals surface area contributed by atoms with Crippen LogP contribution in [0.15, 0.2) is 63.9 Å². The molecule has 0 aliphatic carbocycles. The highest BCUT2D eigenvalue weighted by Gasteiger charge is 2.24. The molecule has 1 aliphatic heterocycles. The highest BCUT2D eigenvalue weighted by Crippen LogP contribution is 2.40. The van der Waals surface area contributed by atoms with Crippen LogP contribution in [0.5, 0.6) is 0 Å². The van der Waals surface area contributed by atoms with Crippen LogP contribution in [0.25, 0.3) is 11.1 Å². The fourth-order valence-corrected chi connectivity index (χ4v) is 4.37. The second kappa shape index (κ2) is 8.45. The number of aryl methyl sites for hydroxylation is 2. The van der Waals surface area contributed by atoms with Crippen molar-refractivity contribution in [2.75, 3.05) is 18.6 Å². The van der Waals surface area contributed by atoms with Crippen LogP contribution in [-0.4, -0.2) is 22.4 Å². The van der Waals surface area contributed by atoms with E-state index in [2.05, 4.69) is 27.5 Å². The van der Waals surface area contributed by atoms with Crippen LogP contribution in [0.2, 0.25) is 0 Å². The Morgan fingerprint density at radius 2 is 1.90 bits per heavy atom. The van der Waals surface area contributed by atoms with Crippen molar-refractivity contribution >= 4 is 22.3 Å². The van der Waals surface area contributed by atoms with Crippen molar-refractivity contribution in [1.29, 1.82) is 0 Å². The zero-order valence-corrected chi connectivity index (χ0v) is 18.2. The van der Waals surface area contributed by atoms with E-state index in [0.29, 0.717) is 11.3 Å². The van der Waals surface area contributed by atoms with E-state index >= 15 is 0 Å². The molecule has 2 heterocycles. The van der Waals surface area contributed by atoms with Crippen LogP contribution < -0.4 is 10.5 Å². The lowest BCUT2D eigenvalue weighted by Crippen LogP contribution is -2.19. The first-order valence-electron chi connectivity index (χ1n) is 9.82. The van der Waals surface area contributed by atoms with E-state index in [-0.39, 0.29) is 5.56 Å². The quantitative estimate of drug-likeness (QED) is 0.635. The Kier molecular flexibility index (Phi) is 5.74. The second-order valence-corrected chi connectivity index (χ2v) is 8.54. The van der Waals surface area contributed by atoms with E-state index in [9.17, 15) is 9.00 Å². The van der Waals surface area contributed by atoms with Crippen molar-refractivity contribution in [3.05, 3.63) is 81.8 Å². The van der Waals surface area contributed by atoms with Gasteiger partial charge in [0.25, 0.3) is 5.56 Å². The van der Waals surface area contributed by atoms with Gasteiger partial charge in [-0.25, -0.2) is 4.21 Å². The summed E-state index contributed by atoms with van der Waals surface area (Å²) in [5.41, 5.74) is 6.61. The van der Waals surface area contributed by atoms with Crippen LogP contribution in [-0.2, 0) is 35.1 Å². The van der Waals surface area contributed by atoms with Gasteiger partial charge in [-0.1, -0.05) is 30.3 Å². The molecule has 30 heavy (non-hydrogen) atoms. The largest absolute Gasteiger partial charge is 0.367 e. The van der Waals surface area contributed by atoms with Crippen molar-refractivity contribution in [3.63, 3.8) is 0 Å². The molecule has 0 amide bonds. The van der Waals surface area contributed by atoms with E-state index in [1.807, 2.05) is 43.5 Å². The number of thiol groups is 1. The molecule has 4 rings (SSSR count). The first kappa shape index (κ1) is 20.4. The smallest absolute Gasteiger partial charge is 0.253 e. The first-order chi connectivity index (χ1) is 14.5. The number of aromatic nitrogens is 1. The summed E-state index contributed by atoms with van der Waals surface area (Å²) in [4.78, 5) is 14.4. The number of rotatable bonds is 5. The van der Waals surface area contributed by atoms with Crippen LogP contribution >= 0.6 is 0 Å². The molecule has 0 radical (unpaired) electrons. The topological polar surface area (TPSA) is 63.9 Å². The van der Waals surface area contributed by atoms with E-state index < -0.39 is 10.9 Å². The summed E-state index contributed by atoms with van der Waals surface area (Å²) >= 11 is 0. The number of hydrogen-bond acceptors (Lipinski definition) is 5. The average molecular weight is 424 g/mol. The maximum atomic E-state index is 12.1. The Balaban J connectivity index is 1.85. The maximum Gasteiger partial charge on any atom is 0.253 e. The average Bonchev–Trinajstić information content (AvgIpc) is 3.15. The monoisotopic (exact) mass is 423 g/mol. The SMILES string of the molecule is CO[SH](=O)=Nc1cc(-c2cc(C)c(=O)n(C)c2)cc2c1CCN2Cc1ccccc1. The Morgan fingerprint density at radius 3 is 2.60 bits per heavy atom. The van der Waals surface area contributed by atoms with Gasteiger partial charge in [0.15, 0.2) is 10.9 Å². The molecule has 0 saturated heterocycles. The predicted octanol–water partition coefficient (Wildman–Crippen LogP) is 3.78. The Hall–Kier alpha value is -2.90. The summed E-state index contributed by atoms with van der Waals surface area (Å²) in [6.07, 6.45) is 2.66. The van der Waals surface area contributed by atoms with E-state index in [4.69, 9.17) is 4.18 Å². The fraction of sp³-hybridized carbons (Fsp3) is 0.261. The van der Waals surface area contributed by atoms with Gasteiger partial charge in [-0.2, -0.15) is 4.36 Å². The minimum absolute atomic E-state index is 0.0158. The lowest BCUT2D eigenvalue weighted by Gasteiger charge is -2.21. The molecule has 1 unspecified atom stereocenters. The van der Waals surface area contributed by atoms with Gasteiger partial charge in [-0.15, -0.1) is 0 Å². The molecule has 7 heteroatoms.